The monoisotopic (exact) mass is 228 g/mol. The first-order valence-corrected chi connectivity index (χ1v) is 6.13. The van der Waals surface area contributed by atoms with Crippen LogP contribution in [0.1, 0.15) is 40.0 Å². The number of nitrogens with zero attached hydrogens (tertiary/aromatic N) is 1. The summed E-state index contributed by atoms with van der Waals surface area (Å²) in [7, 11) is 0. The van der Waals surface area contributed by atoms with Crippen molar-refractivity contribution in [2.75, 3.05) is 19.6 Å². The SMILES string of the molecule is CC(C)(C)ON(C=O)CCC1CCNCC1. The van der Waals surface area contributed by atoms with Crippen LogP contribution in [-0.4, -0.2) is 36.7 Å². The van der Waals surface area contributed by atoms with E-state index in [-0.39, 0.29) is 5.60 Å². The van der Waals surface area contributed by atoms with Gasteiger partial charge in [-0.25, -0.2) is 5.06 Å². The molecule has 1 aliphatic heterocycles. The van der Waals surface area contributed by atoms with Gasteiger partial charge in [0.2, 0.25) is 6.41 Å². The Balaban J connectivity index is 2.25. The molecule has 1 rings (SSSR count). The average molecular weight is 228 g/mol. The molecule has 0 aromatic rings. The van der Waals surface area contributed by atoms with Gasteiger partial charge in [-0.3, -0.25) is 9.63 Å². The van der Waals surface area contributed by atoms with Crippen molar-refractivity contribution >= 4 is 6.41 Å². The minimum Gasteiger partial charge on any atom is -0.317 e. The van der Waals surface area contributed by atoms with Gasteiger partial charge < -0.3 is 5.32 Å². The van der Waals surface area contributed by atoms with E-state index >= 15 is 0 Å². The zero-order chi connectivity index (χ0) is 12.0. The fraction of sp³-hybridized carbons (Fsp3) is 0.917. The van der Waals surface area contributed by atoms with Crippen LogP contribution in [0, 0.1) is 5.92 Å². The molecule has 1 fully saturated rings. The Hall–Kier alpha value is -0.610. The van der Waals surface area contributed by atoms with Crippen molar-refractivity contribution in [1.29, 1.82) is 0 Å². The van der Waals surface area contributed by atoms with Gasteiger partial charge in [-0.1, -0.05) is 0 Å². The Bertz CT molecular complexity index is 208. The Morgan fingerprint density at radius 2 is 2.00 bits per heavy atom. The van der Waals surface area contributed by atoms with Crippen LogP contribution in [0.3, 0.4) is 0 Å². The van der Waals surface area contributed by atoms with E-state index < -0.39 is 0 Å². The zero-order valence-corrected chi connectivity index (χ0v) is 10.7. The maximum atomic E-state index is 10.8. The molecule has 0 radical (unpaired) electrons. The molecular weight excluding hydrogens is 204 g/mol. The lowest BCUT2D eigenvalue weighted by Crippen LogP contribution is -2.35. The number of carbonyl (C=O) groups is 1. The average Bonchev–Trinajstić information content (AvgIpc) is 2.24. The molecule has 1 N–H and O–H groups in total. The van der Waals surface area contributed by atoms with Gasteiger partial charge in [0.05, 0.1) is 5.60 Å². The molecule has 0 bridgehead atoms. The number of hydrogen-bond acceptors (Lipinski definition) is 3. The van der Waals surface area contributed by atoms with Crippen molar-refractivity contribution in [2.24, 2.45) is 5.92 Å². The number of piperidine rings is 1. The lowest BCUT2D eigenvalue weighted by molar-refractivity contribution is -0.217. The number of amides is 1. The number of hydrogen-bond donors (Lipinski definition) is 1. The summed E-state index contributed by atoms with van der Waals surface area (Å²) in [6.45, 7) is 8.76. The summed E-state index contributed by atoms with van der Waals surface area (Å²) in [6, 6.07) is 0. The number of carbonyl (C=O) groups excluding carboxylic acids is 1. The number of rotatable bonds is 5. The van der Waals surface area contributed by atoms with Crippen LogP contribution < -0.4 is 5.32 Å². The summed E-state index contributed by atoms with van der Waals surface area (Å²) in [5, 5.41) is 4.77. The molecule has 1 aliphatic rings. The molecule has 0 unspecified atom stereocenters. The van der Waals surface area contributed by atoms with Gasteiger partial charge in [-0.05, 0) is 59.0 Å². The Morgan fingerprint density at radius 1 is 1.38 bits per heavy atom. The van der Waals surface area contributed by atoms with Crippen LogP contribution >= 0.6 is 0 Å². The summed E-state index contributed by atoms with van der Waals surface area (Å²) in [6.07, 6.45) is 4.24. The first-order chi connectivity index (χ1) is 7.51. The van der Waals surface area contributed by atoms with Crippen molar-refractivity contribution in [1.82, 2.24) is 10.4 Å². The zero-order valence-electron chi connectivity index (χ0n) is 10.7. The van der Waals surface area contributed by atoms with Crippen molar-refractivity contribution in [2.45, 2.75) is 45.6 Å². The van der Waals surface area contributed by atoms with Crippen molar-refractivity contribution in [3.05, 3.63) is 0 Å². The van der Waals surface area contributed by atoms with E-state index in [0.29, 0.717) is 6.54 Å². The van der Waals surface area contributed by atoms with Crippen LogP contribution in [0.25, 0.3) is 0 Å². The Morgan fingerprint density at radius 3 is 2.50 bits per heavy atom. The standard InChI is InChI=1S/C12H24N2O2/c1-12(2,3)16-14(10-15)9-6-11-4-7-13-8-5-11/h10-11,13H,4-9H2,1-3H3. The lowest BCUT2D eigenvalue weighted by atomic mass is 9.95. The van der Waals surface area contributed by atoms with Gasteiger partial charge in [0.15, 0.2) is 0 Å². The van der Waals surface area contributed by atoms with E-state index in [1.807, 2.05) is 20.8 Å². The van der Waals surface area contributed by atoms with Crippen molar-refractivity contribution in [3.63, 3.8) is 0 Å². The molecule has 0 saturated carbocycles. The molecular formula is C12H24N2O2. The molecule has 4 nitrogen and oxygen atoms in total. The molecule has 0 aromatic carbocycles. The smallest absolute Gasteiger partial charge is 0.233 e. The summed E-state index contributed by atoms with van der Waals surface area (Å²) in [5.74, 6) is 0.729. The van der Waals surface area contributed by atoms with E-state index in [2.05, 4.69) is 5.32 Å². The molecule has 0 atom stereocenters. The Kier molecular flexibility index (Phi) is 5.22. The third-order valence-electron chi connectivity index (χ3n) is 2.73. The van der Waals surface area contributed by atoms with E-state index in [4.69, 9.17) is 4.84 Å². The van der Waals surface area contributed by atoms with Gasteiger partial charge in [0, 0.05) is 6.54 Å². The van der Waals surface area contributed by atoms with E-state index in [1.54, 1.807) is 0 Å². The summed E-state index contributed by atoms with van der Waals surface area (Å²) in [5.41, 5.74) is -0.297. The first-order valence-electron chi connectivity index (χ1n) is 6.13. The molecule has 1 amide bonds. The van der Waals surface area contributed by atoms with E-state index in [0.717, 1.165) is 31.8 Å². The molecule has 1 heterocycles. The third-order valence-corrected chi connectivity index (χ3v) is 2.73. The predicted octanol–water partition coefficient (Wildman–Crippen LogP) is 1.56. The minimum atomic E-state index is -0.297. The predicted molar refractivity (Wildman–Crippen MR) is 63.8 cm³/mol. The van der Waals surface area contributed by atoms with Crippen LogP contribution in [0.5, 0.6) is 0 Å². The van der Waals surface area contributed by atoms with Crippen LogP contribution in [0.4, 0.5) is 0 Å². The summed E-state index contributed by atoms with van der Waals surface area (Å²) < 4.78 is 0. The van der Waals surface area contributed by atoms with E-state index in [9.17, 15) is 4.79 Å². The molecule has 16 heavy (non-hydrogen) atoms. The highest BCUT2D eigenvalue weighted by molar-refractivity contribution is 5.44. The highest BCUT2D eigenvalue weighted by Crippen LogP contribution is 2.17. The molecule has 1 saturated heterocycles. The van der Waals surface area contributed by atoms with E-state index in [1.165, 1.54) is 17.9 Å². The van der Waals surface area contributed by atoms with Gasteiger partial charge in [0.25, 0.3) is 0 Å². The van der Waals surface area contributed by atoms with Crippen LogP contribution in [-0.2, 0) is 9.63 Å². The highest BCUT2D eigenvalue weighted by atomic mass is 16.7. The third kappa shape index (κ3) is 5.47. The molecule has 94 valence electrons. The second kappa shape index (κ2) is 6.21. The Labute approximate surface area is 98.3 Å². The lowest BCUT2D eigenvalue weighted by Gasteiger charge is -2.29. The normalized spacial score (nSPS) is 18.4. The van der Waals surface area contributed by atoms with Gasteiger partial charge in [0.1, 0.15) is 0 Å². The second-order valence-corrected chi connectivity index (χ2v) is 5.43. The summed E-state index contributed by atoms with van der Waals surface area (Å²) in [4.78, 5) is 16.4. The molecule has 4 heteroatoms. The van der Waals surface area contributed by atoms with Crippen LogP contribution in [0.2, 0.25) is 0 Å². The minimum absolute atomic E-state index is 0.297. The van der Waals surface area contributed by atoms with Crippen molar-refractivity contribution < 1.29 is 9.63 Å². The fourth-order valence-corrected chi connectivity index (χ4v) is 1.95. The number of hydroxylamine groups is 2. The van der Waals surface area contributed by atoms with Gasteiger partial charge in [-0.2, -0.15) is 0 Å². The molecule has 0 aliphatic carbocycles. The van der Waals surface area contributed by atoms with Gasteiger partial charge in [-0.15, -0.1) is 0 Å². The maximum Gasteiger partial charge on any atom is 0.233 e. The quantitative estimate of drug-likeness (QED) is 0.573. The topological polar surface area (TPSA) is 41.6 Å². The number of nitrogens with one attached hydrogen (secondary N) is 1. The highest BCUT2D eigenvalue weighted by Gasteiger charge is 2.18. The second-order valence-electron chi connectivity index (χ2n) is 5.43. The summed E-state index contributed by atoms with van der Waals surface area (Å²) >= 11 is 0. The molecule has 0 aromatic heterocycles. The maximum absolute atomic E-state index is 10.8. The van der Waals surface area contributed by atoms with Crippen molar-refractivity contribution in [3.8, 4) is 0 Å². The van der Waals surface area contributed by atoms with Crippen LogP contribution in [0.15, 0.2) is 0 Å². The van der Waals surface area contributed by atoms with Gasteiger partial charge >= 0.3 is 0 Å². The first kappa shape index (κ1) is 13.5. The fourth-order valence-electron chi connectivity index (χ4n) is 1.95. The largest absolute Gasteiger partial charge is 0.317 e. The molecule has 0 spiro atoms.